The number of hydrogen-bond donors (Lipinski definition) is 0. The average molecular weight is 358 g/mol. The number of pyridine rings is 1. The molecule has 4 rings (SSSR count). The van der Waals surface area contributed by atoms with Gasteiger partial charge in [-0.05, 0) is 17.7 Å². The zero-order chi connectivity index (χ0) is 18.8. The van der Waals surface area contributed by atoms with Gasteiger partial charge in [-0.15, -0.1) is 0 Å². The number of nitrogens with zero attached hydrogens (tertiary/aromatic N) is 2. The van der Waals surface area contributed by atoms with E-state index in [1.807, 2.05) is 42.5 Å². The van der Waals surface area contributed by atoms with Gasteiger partial charge in [0.2, 0.25) is 0 Å². The number of fused-ring (bicyclic) bond motifs is 3. The molecule has 4 aromatic rings. The van der Waals surface area contributed by atoms with Gasteiger partial charge in [0.15, 0.2) is 0 Å². The van der Waals surface area contributed by atoms with E-state index in [2.05, 4.69) is 21.7 Å². The van der Waals surface area contributed by atoms with Gasteiger partial charge >= 0.3 is 5.97 Å². The van der Waals surface area contributed by atoms with Crippen LogP contribution in [0.3, 0.4) is 0 Å². The summed E-state index contributed by atoms with van der Waals surface area (Å²) in [6.07, 6.45) is 0.944. The number of aromatic nitrogens is 2. The molecule has 0 unspecified atom stereocenters. The van der Waals surface area contributed by atoms with Gasteiger partial charge in [-0.1, -0.05) is 48.5 Å². The summed E-state index contributed by atoms with van der Waals surface area (Å²) in [5.41, 5.74) is 3.85. The minimum absolute atomic E-state index is 0.131. The van der Waals surface area contributed by atoms with Crippen LogP contribution in [0.1, 0.15) is 21.7 Å². The highest BCUT2D eigenvalue weighted by Crippen LogP contribution is 2.32. The van der Waals surface area contributed by atoms with Gasteiger partial charge in [-0.2, -0.15) is 0 Å². The highest BCUT2D eigenvalue weighted by atomic mass is 16.5. The topological polar surface area (TPSA) is 61.2 Å². The molecular weight excluding hydrogens is 340 g/mol. The number of esters is 1. The Morgan fingerprint density at radius 2 is 1.81 bits per heavy atom. The number of ether oxygens (including phenoxy) is 1. The molecule has 5 heteroatoms. The molecule has 0 bridgehead atoms. The highest BCUT2D eigenvalue weighted by molar-refractivity contribution is 6.10. The average Bonchev–Trinajstić information content (AvgIpc) is 3.02. The van der Waals surface area contributed by atoms with Crippen molar-refractivity contribution in [2.24, 2.45) is 0 Å². The van der Waals surface area contributed by atoms with Crippen LogP contribution in [-0.4, -0.2) is 28.9 Å². The zero-order valence-corrected chi connectivity index (χ0v) is 14.9. The van der Waals surface area contributed by atoms with E-state index in [4.69, 9.17) is 4.74 Å². The van der Waals surface area contributed by atoms with Crippen molar-refractivity contribution in [3.63, 3.8) is 0 Å². The summed E-state index contributed by atoms with van der Waals surface area (Å²) in [5, 5.41) is 1.91. The second-order valence-electron chi connectivity index (χ2n) is 6.30. The molecule has 0 aliphatic heterocycles. The van der Waals surface area contributed by atoms with Crippen molar-refractivity contribution < 1.29 is 14.3 Å². The van der Waals surface area contributed by atoms with Crippen LogP contribution in [0, 0.1) is 0 Å². The maximum Gasteiger partial charge on any atom is 0.356 e. The van der Waals surface area contributed by atoms with E-state index in [1.54, 1.807) is 6.07 Å². The van der Waals surface area contributed by atoms with Crippen molar-refractivity contribution in [3.8, 4) is 0 Å². The number of rotatable bonds is 5. The molecule has 0 spiro atoms. The number of benzene rings is 2. The quantitative estimate of drug-likeness (QED) is 0.402. The monoisotopic (exact) mass is 358 g/mol. The summed E-state index contributed by atoms with van der Waals surface area (Å²) in [5.74, 6) is -0.510. The van der Waals surface area contributed by atoms with E-state index in [1.165, 1.54) is 7.11 Å². The molecule has 27 heavy (non-hydrogen) atoms. The number of carbonyl (C=O) groups excluding carboxylic acids is 2. The Labute approximate surface area is 156 Å². The minimum atomic E-state index is -0.510. The molecular formula is C22H18N2O3. The van der Waals surface area contributed by atoms with Crippen molar-refractivity contribution in [1.29, 1.82) is 0 Å². The van der Waals surface area contributed by atoms with Gasteiger partial charge in [0.1, 0.15) is 12.0 Å². The van der Waals surface area contributed by atoms with E-state index >= 15 is 0 Å². The standard InChI is InChI=1S/C22H18N2O3/c1-27-22(26)19-13-17-16-9-5-6-10-20(16)24(14-15-7-3-2-4-8-15)21(17)18(23-19)11-12-25/h2-10,12-13H,11,14H2,1H3. The molecule has 0 aliphatic carbocycles. The molecule has 0 radical (unpaired) electrons. The highest BCUT2D eigenvalue weighted by Gasteiger charge is 2.19. The molecule has 2 aromatic carbocycles. The number of carbonyl (C=O) groups is 2. The first-order valence-electron chi connectivity index (χ1n) is 8.69. The first-order chi connectivity index (χ1) is 13.2. The van der Waals surface area contributed by atoms with E-state index in [0.717, 1.165) is 33.7 Å². The SMILES string of the molecule is COC(=O)c1cc2c3ccccc3n(Cc3ccccc3)c2c(CC=O)n1. The van der Waals surface area contributed by atoms with E-state index in [0.29, 0.717) is 12.2 Å². The third-order valence-corrected chi connectivity index (χ3v) is 4.67. The first kappa shape index (κ1) is 17.0. The molecule has 0 amide bonds. The Kier molecular flexibility index (Phi) is 4.42. The smallest absolute Gasteiger partial charge is 0.356 e. The van der Waals surface area contributed by atoms with Gasteiger partial charge < -0.3 is 14.1 Å². The van der Waals surface area contributed by atoms with Crippen LogP contribution in [0.2, 0.25) is 0 Å². The van der Waals surface area contributed by atoms with Crippen LogP contribution < -0.4 is 0 Å². The Morgan fingerprint density at radius 3 is 2.56 bits per heavy atom. The summed E-state index contributed by atoms with van der Waals surface area (Å²) in [7, 11) is 1.33. The normalized spacial score (nSPS) is 11.0. The van der Waals surface area contributed by atoms with Crippen molar-refractivity contribution in [2.45, 2.75) is 13.0 Å². The summed E-state index contributed by atoms with van der Waals surface area (Å²) < 4.78 is 7.00. The Morgan fingerprint density at radius 1 is 1.07 bits per heavy atom. The predicted molar refractivity (Wildman–Crippen MR) is 104 cm³/mol. The minimum Gasteiger partial charge on any atom is -0.464 e. The fourth-order valence-electron chi connectivity index (χ4n) is 3.52. The lowest BCUT2D eigenvalue weighted by molar-refractivity contribution is -0.107. The second-order valence-corrected chi connectivity index (χ2v) is 6.30. The van der Waals surface area contributed by atoms with Crippen LogP contribution in [0.15, 0.2) is 60.7 Å². The maximum atomic E-state index is 12.1. The fourth-order valence-corrected chi connectivity index (χ4v) is 3.52. The van der Waals surface area contributed by atoms with Gasteiger partial charge in [0.25, 0.3) is 0 Å². The van der Waals surface area contributed by atoms with Crippen molar-refractivity contribution in [1.82, 2.24) is 9.55 Å². The first-order valence-corrected chi connectivity index (χ1v) is 8.69. The van der Waals surface area contributed by atoms with Gasteiger partial charge in [0, 0.05) is 29.3 Å². The third kappa shape index (κ3) is 2.97. The Hall–Kier alpha value is -3.47. The molecule has 134 valence electrons. The molecule has 2 heterocycles. The molecule has 5 nitrogen and oxygen atoms in total. The van der Waals surface area contributed by atoms with Crippen LogP contribution in [0.5, 0.6) is 0 Å². The largest absolute Gasteiger partial charge is 0.464 e. The molecule has 0 fully saturated rings. The molecule has 2 aromatic heterocycles. The van der Waals surface area contributed by atoms with Crippen molar-refractivity contribution in [3.05, 3.63) is 77.6 Å². The molecule has 0 N–H and O–H groups in total. The molecule has 0 saturated heterocycles. The second kappa shape index (κ2) is 7.03. The number of methoxy groups -OCH3 is 1. The van der Waals surface area contributed by atoms with Crippen molar-refractivity contribution in [2.75, 3.05) is 7.11 Å². The maximum absolute atomic E-state index is 12.1. The van der Waals surface area contributed by atoms with Crippen LogP contribution in [0.4, 0.5) is 0 Å². The molecule has 0 aliphatic rings. The summed E-state index contributed by atoms with van der Waals surface area (Å²) in [4.78, 5) is 27.8. The lowest BCUT2D eigenvalue weighted by Crippen LogP contribution is -2.09. The van der Waals surface area contributed by atoms with E-state index in [-0.39, 0.29) is 12.1 Å². The molecule has 0 atom stereocenters. The zero-order valence-electron chi connectivity index (χ0n) is 14.9. The Balaban J connectivity index is 2.05. The number of para-hydroxylation sites is 1. The number of aldehydes is 1. The Bertz CT molecular complexity index is 1150. The van der Waals surface area contributed by atoms with Crippen LogP contribution in [0.25, 0.3) is 21.8 Å². The van der Waals surface area contributed by atoms with Gasteiger partial charge in [0.05, 0.1) is 18.3 Å². The third-order valence-electron chi connectivity index (χ3n) is 4.67. The van der Waals surface area contributed by atoms with Crippen molar-refractivity contribution >= 4 is 34.1 Å². The molecule has 0 saturated carbocycles. The predicted octanol–water partition coefficient (Wildman–Crippen LogP) is 3.77. The van der Waals surface area contributed by atoms with Gasteiger partial charge in [-0.25, -0.2) is 9.78 Å². The lowest BCUT2D eigenvalue weighted by Gasteiger charge is -2.10. The van der Waals surface area contributed by atoms with E-state index < -0.39 is 5.97 Å². The van der Waals surface area contributed by atoms with Crippen LogP contribution in [-0.2, 0) is 22.5 Å². The lowest BCUT2D eigenvalue weighted by atomic mass is 10.1. The van der Waals surface area contributed by atoms with E-state index in [9.17, 15) is 9.59 Å². The number of hydrogen-bond acceptors (Lipinski definition) is 4. The summed E-state index contributed by atoms with van der Waals surface area (Å²) in [6, 6.07) is 19.9. The van der Waals surface area contributed by atoms with Crippen LogP contribution >= 0.6 is 0 Å². The van der Waals surface area contributed by atoms with Gasteiger partial charge in [-0.3, -0.25) is 0 Å². The summed E-state index contributed by atoms with van der Waals surface area (Å²) in [6.45, 7) is 0.649. The fraction of sp³-hybridized carbons (Fsp3) is 0.136. The summed E-state index contributed by atoms with van der Waals surface area (Å²) >= 11 is 0.